The first kappa shape index (κ1) is 15.1. The predicted octanol–water partition coefficient (Wildman–Crippen LogP) is 6.01. The van der Waals surface area contributed by atoms with Crippen LogP contribution in [0.25, 0.3) is 0 Å². The van der Waals surface area contributed by atoms with Crippen molar-refractivity contribution in [2.24, 2.45) is 17.8 Å². The summed E-state index contributed by atoms with van der Waals surface area (Å²) in [5, 5.41) is 0. The Hall–Kier alpha value is -0.780. The molecule has 0 spiro atoms. The number of hydrogen-bond donors (Lipinski definition) is 0. The van der Waals surface area contributed by atoms with Crippen molar-refractivity contribution in [3.05, 3.63) is 34.4 Å². The average Bonchev–Trinajstić information content (AvgIpc) is 2.49. The maximum atomic E-state index is 2.49. The van der Waals surface area contributed by atoms with Gasteiger partial charge in [-0.2, -0.15) is 0 Å². The van der Waals surface area contributed by atoms with E-state index in [0.717, 1.165) is 17.8 Å². The largest absolute Gasteiger partial charge is 0.0654 e. The van der Waals surface area contributed by atoms with Crippen LogP contribution in [0.15, 0.2) is 12.1 Å². The van der Waals surface area contributed by atoms with Gasteiger partial charge in [0.15, 0.2) is 0 Å². The molecule has 1 aromatic carbocycles. The van der Waals surface area contributed by atoms with Crippen molar-refractivity contribution in [2.45, 2.75) is 78.6 Å². The van der Waals surface area contributed by atoms with Gasteiger partial charge in [-0.15, -0.1) is 0 Å². The molecule has 0 radical (unpaired) electrons. The van der Waals surface area contributed by atoms with E-state index in [-0.39, 0.29) is 0 Å². The molecule has 0 saturated heterocycles. The number of rotatable bonds is 3. The number of aryl methyl sites for hydroxylation is 3. The summed E-state index contributed by atoms with van der Waals surface area (Å²) in [6, 6.07) is 4.94. The Bertz CT molecular complexity index is 477. The highest BCUT2D eigenvalue weighted by atomic mass is 14.3. The molecule has 0 nitrogen and oxygen atoms in total. The molecule has 2 aliphatic rings. The van der Waals surface area contributed by atoms with E-state index < -0.39 is 0 Å². The van der Waals surface area contributed by atoms with Crippen LogP contribution in [-0.2, 0) is 12.8 Å². The Labute approximate surface area is 131 Å². The highest BCUT2D eigenvalue weighted by molar-refractivity contribution is 5.38. The first-order chi connectivity index (χ1) is 10.2. The molecule has 0 heterocycles. The van der Waals surface area contributed by atoms with Gasteiger partial charge in [-0.05, 0) is 86.0 Å². The lowest BCUT2D eigenvalue weighted by molar-refractivity contribution is 0.184. The minimum absolute atomic E-state index is 0.974. The molecule has 1 aromatic rings. The Morgan fingerprint density at radius 1 is 0.857 bits per heavy atom. The molecule has 2 aliphatic carbocycles. The zero-order valence-corrected chi connectivity index (χ0v) is 14.3. The number of hydrogen-bond acceptors (Lipinski definition) is 0. The zero-order valence-electron chi connectivity index (χ0n) is 14.3. The summed E-state index contributed by atoms with van der Waals surface area (Å²) in [7, 11) is 0. The number of fused-ring (bicyclic) bond motifs is 1. The molecule has 0 bridgehead atoms. The van der Waals surface area contributed by atoms with E-state index in [1.165, 1.54) is 68.9 Å². The minimum atomic E-state index is 0.974. The predicted molar refractivity (Wildman–Crippen MR) is 91.8 cm³/mol. The summed E-state index contributed by atoms with van der Waals surface area (Å²) in [4.78, 5) is 0. The zero-order chi connectivity index (χ0) is 14.8. The quantitative estimate of drug-likeness (QED) is 0.637. The lowest BCUT2D eigenvalue weighted by atomic mass is 9.69. The molecular formula is C21H32. The van der Waals surface area contributed by atoms with Crippen molar-refractivity contribution in [3.63, 3.8) is 0 Å². The van der Waals surface area contributed by atoms with E-state index in [9.17, 15) is 0 Å². The van der Waals surface area contributed by atoms with Crippen molar-refractivity contribution < 1.29 is 0 Å². The summed E-state index contributed by atoms with van der Waals surface area (Å²) >= 11 is 0. The maximum absolute atomic E-state index is 2.49. The van der Waals surface area contributed by atoms with Gasteiger partial charge in [0.25, 0.3) is 0 Å². The van der Waals surface area contributed by atoms with Gasteiger partial charge in [-0.3, -0.25) is 0 Å². The van der Waals surface area contributed by atoms with Crippen molar-refractivity contribution in [1.29, 1.82) is 0 Å². The third-order valence-electron chi connectivity index (χ3n) is 6.34. The lowest BCUT2D eigenvalue weighted by Crippen LogP contribution is -2.26. The van der Waals surface area contributed by atoms with Crippen molar-refractivity contribution in [3.8, 4) is 0 Å². The summed E-state index contributed by atoms with van der Waals surface area (Å²) < 4.78 is 0. The van der Waals surface area contributed by atoms with E-state index >= 15 is 0 Å². The summed E-state index contributed by atoms with van der Waals surface area (Å²) in [6.07, 6.45) is 13.0. The van der Waals surface area contributed by atoms with Crippen LogP contribution in [0.4, 0.5) is 0 Å². The second-order valence-electron chi connectivity index (χ2n) is 7.78. The molecule has 3 rings (SSSR count). The molecule has 1 saturated carbocycles. The fourth-order valence-corrected chi connectivity index (χ4v) is 4.84. The van der Waals surface area contributed by atoms with E-state index in [0.29, 0.717) is 0 Å². The summed E-state index contributed by atoms with van der Waals surface area (Å²) in [5.74, 6) is 3.04. The topological polar surface area (TPSA) is 0 Å². The molecule has 1 unspecified atom stereocenters. The van der Waals surface area contributed by atoms with Gasteiger partial charge in [0, 0.05) is 0 Å². The Kier molecular flexibility index (Phi) is 4.72. The monoisotopic (exact) mass is 284 g/mol. The summed E-state index contributed by atoms with van der Waals surface area (Å²) in [5.41, 5.74) is 6.28. The van der Waals surface area contributed by atoms with Crippen LogP contribution in [0.3, 0.4) is 0 Å². The molecule has 0 heteroatoms. The van der Waals surface area contributed by atoms with Gasteiger partial charge >= 0.3 is 0 Å². The van der Waals surface area contributed by atoms with Gasteiger partial charge in [-0.25, -0.2) is 0 Å². The third-order valence-corrected chi connectivity index (χ3v) is 6.34. The first-order valence-electron chi connectivity index (χ1n) is 9.26. The molecule has 0 amide bonds. The molecule has 0 N–H and O–H groups in total. The first-order valence-corrected chi connectivity index (χ1v) is 9.26. The molecule has 21 heavy (non-hydrogen) atoms. The van der Waals surface area contributed by atoms with E-state index in [4.69, 9.17) is 0 Å². The average molecular weight is 284 g/mol. The molecular weight excluding hydrogens is 252 g/mol. The SMILES string of the molecule is CCCC1CCC(C2CCc3cc(C)c(C)cc3C2)CC1. The second-order valence-corrected chi connectivity index (χ2v) is 7.78. The molecule has 1 atom stereocenters. The summed E-state index contributed by atoms with van der Waals surface area (Å²) in [6.45, 7) is 6.88. The van der Waals surface area contributed by atoms with Crippen molar-refractivity contribution in [1.82, 2.24) is 0 Å². The van der Waals surface area contributed by atoms with E-state index in [2.05, 4.69) is 32.9 Å². The van der Waals surface area contributed by atoms with Crippen LogP contribution in [-0.4, -0.2) is 0 Å². The van der Waals surface area contributed by atoms with Crippen LogP contribution < -0.4 is 0 Å². The van der Waals surface area contributed by atoms with Gasteiger partial charge in [0.2, 0.25) is 0 Å². The highest BCUT2D eigenvalue weighted by Gasteiger charge is 2.30. The van der Waals surface area contributed by atoms with Crippen LogP contribution in [0.2, 0.25) is 0 Å². The van der Waals surface area contributed by atoms with Crippen molar-refractivity contribution >= 4 is 0 Å². The molecule has 0 aromatic heterocycles. The molecule has 116 valence electrons. The second kappa shape index (κ2) is 6.55. The fraction of sp³-hybridized carbons (Fsp3) is 0.714. The van der Waals surface area contributed by atoms with Gasteiger partial charge in [0.1, 0.15) is 0 Å². The smallest absolute Gasteiger partial charge is 0.0245 e. The maximum Gasteiger partial charge on any atom is -0.0245 e. The van der Waals surface area contributed by atoms with Crippen LogP contribution in [0.5, 0.6) is 0 Å². The molecule has 0 aliphatic heterocycles. The van der Waals surface area contributed by atoms with E-state index in [1.54, 1.807) is 11.1 Å². The Morgan fingerprint density at radius 2 is 1.52 bits per heavy atom. The van der Waals surface area contributed by atoms with Gasteiger partial charge in [0.05, 0.1) is 0 Å². The van der Waals surface area contributed by atoms with E-state index in [1.807, 2.05) is 0 Å². The normalized spacial score (nSPS) is 29.2. The number of benzene rings is 1. The lowest BCUT2D eigenvalue weighted by Gasteiger charge is -2.36. The Balaban J connectivity index is 1.63. The fourth-order valence-electron chi connectivity index (χ4n) is 4.84. The Morgan fingerprint density at radius 3 is 2.19 bits per heavy atom. The van der Waals surface area contributed by atoms with Crippen LogP contribution >= 0.6 is 0 Å². The van der Waals surface area contributed by atoms with Crippen LogP contribution in [0.1, 0.15) is 74.1 Å². The highest BCUT2D eigenvalue weighted by Crippen LogP contribution is 2.40. The standard InChI is InChI=1S/C21H32/c1-4-5-17-6-8-18(9-7-17)20-11-10-19-12-15(2)16(3)13-21(19)14-20/h12-13,17-18,20H,4-11,14H2,1-3H3. The minimum Gasteiger partial charge on any atom is -0.0654 e. The van der Waals surface area contributed by atoms with Gasteiger partial charge < -0.3 is 0 Å². The van der Waals surface area contributed by atoms with Crippen molar-refractivity contribution in [2.75, 3.05) is 0 Å². The van der Waals surface area contributed by atoms with Gasteiger partial charge in [-0.1, -0.05) is 44.7 Å². The van der Waals surface area contributed by atoms with Crippen LogP contribution in [0, 0.1) is 31.6 Å². The molecule has 1 fully saturated rings. The third kappa shape index (κ3) is 3.35.